The zero-order valence-corrected chi connectivity index (χ0v) is 12.3. The van der Waals surface area contributed by atoms with Crippen LogP contribution in [0.2, 0.25) is 0 Å². The van der Waals surface area contributed by atoms with E-state index in [1.807, 2.05) is 11.4 Å². The van der Waals surface area contributed by atoms with Crippen LogP contribution in [0.25, 0.3) is 0 Å². The topological polar surface area (TPSA) is 92.5 Å². The summed E-state index contributed by atoms with van der Waals surface area (Å²) >= 11 is 2.29. The normalized spacial score (nSPS) is 9.76. The number of carbonyl (C=O) groups is 1. The van der Waals surface area contributed by atoms with Crippen LogP contribution in [0.15, 0.2) is 23.6 Å². The third kappa shape index (κ3) is 4.13. The van der Waals surface area contributed by atoms with Crippen LogP contribution in [0.5, 0.6) is 0 Å². The second-order valence-electron chi connectivity index (χ2n) is 3.84. The van der Waals surface area contributed by atoms with Crippen molar-refractivity contribution in [1.82, 2.24) is 5.32 Å². The Morgan fingerprint density at radius 1 is 1.48 bits per heavy atom. The molecule has 108 valence electrons. The molecular formula is C13H10N2O4S2. The summed E-state index contributed by atoms with van der Waals surface area (Å²) in [5, 5.41) is 23.6. The number of aliphatic hydroxyl groups excluding tert-OH is 1. The number of carbonyl (C=O) groups excluding carboxylic acids is 1. The molecule has 0 saturated heterocycles. The van der Waals surface area contributed by atoms with Crippen LogP contribution in [0, 0.1) is 22.0 Å². The molecule has 1 amide bonds. The van der Waals surface area contributed by atoms with Crippen molar-refractivity contribution in [3.05, 3.63) is 49.0 Å². The van der Waals surface area contributed by atoms with Gasteiger partial charge in [-0.1, -0.05) is 23.2 Å². The van der Waals surface area contributed by atoms with Crippen LogP contribution >= 0.6 is 22.7 Å². The van der Waals surface area contributed by atoms with Crippen LogP contribution in [-0.2, 0) is 6.54 Å². The molecule has 0 radical (unpaired) electrons. The van der Waals surface area contributed by atoms with E-state index in [1.165, 1.54) is 23.5 Å². The van der Waals surface area contributed by atoms with E-state index in [9.17, 15) is 14.9 Å². The van der Waals surface area contributed by atoms with Gasteiger partial charge in [0.1, 0.15) is 6.61 Å². The third-order valence-corrected chi connectivity index (χ3v) is 4.36. The van der Waals surface area contributed by atoms with Gasteiger partial charge >= 0.3 is 5.00 Å². The van der Waals surface area contributed by atoms with Crippen molar-refractivity contribution in [3.63, 3.8) is 0 Å². The zero-order chi connectivity index (χ0) is 15.2. The first-order valence-electron chi connectivity index (χ1n) is 5.79. The van der Waals surface area contributed by atoms with Gasteiger partial charge in [-0.2, -0.15) is 0 Å². The number of hydrogen-bond acceptors (Lipinski definition) is 6. The molecule has 0 unspecified atom stereocenters. The fraction of sp³-hybridized carbons (Fsp3) is 0.154. The lowest BCUT2D eigenvalue weighted by atomic mass is 10.3. The fourth-order valence-electron chi connectivity index (χ4n) is 1.48. The van der Waals surface area contributed by atoms with E-state index in [4.69, 9.17) is 5.11 Å². The molecule has 0 aromatic carbocycles. The van der Waals surface area contributed by atoms with Crippen LogP contribution in [0.3, 0.4) is 0 Å². The van der Waals surface area contributed by atoms with E-state index >= 15 is 0 Å². The van der Waals surface area contributed by atoms with E-state index in [1.54, 1.807) is 0 Å². The maximum absolute atomic E-state index is 11.9. The highest BCUT2D eigenvalue weighted by molar-refractivity contribution is 7.17. The molecule has 6 nitrogen and oxygen atoms in total. The van der Waals surface area contributed by atoms with Crippen LogP contribution in [-0.4, -0.2) is 22.5 Å². The number of nitrogens with one attached hydrogen (secondary N) is 1. The van der Waals surface area contributed by atoms with E-state index in [-0.39, 0.29) is 17.5 Å². The molecule has 8 heteroatoms. The monoisotopic (exact) mass is 322 g/mol. The molecule has 0 spiro atoms. The number of hydrogen-bond donors (Lipinski definition) is 2. The van der Waals surface area contributed by atoms with E-state index < -0.39 is 4.92 Å². The first-order chi connectivity index (χ1) is 10.1. The van der Waals surface area contributed by atoms with Gasteiger partial charge in [0.25, 0.3) is 5.91 Å². The maximum Gasteiger partial charge on any atom is 0.324 e. The standard InChI is InChI=1S/C13H10N2O4S2/c16-5-1-2-9-6-10(20-8-9)7-14-13(17)11-3-4-12(21-11)15(18)19/h3-4,6,8,16H,5,7H2,(H,14,17). The van der Waals surface area contributed by atoms with Crippen molar-refractivity contribution < 1.29 is 14.8 Å². The average Bonchev–Trinajstić information content (AvgIpc) is 3.11. The molecule has 0 aliphatic rings. The Morgan fingerprint density at radius 3 is 2.95 bits per heavy atom. The Morgan fingerprint density at radius 2 is 2.29 bits per heavy atom. The summed E-state index contributed by atoms with van der Waals surface area (Å²) in [7, 11) is 0. The smallest absolute Gasteiger partial charge is 0.324 e. The molecular weight excluding hydrogens is 312 g/mol. The predicted octanol–water partition coefficient (Wildman–Crippen LogP) is 1.99. The van der Waals surface area contributed by atoms with Gasteiger partial charge in [-0.05, 0) is 12.1 Å². The summed E-state index contributed by atoms with van der Waals surface area (Å²) in [5.41, 5.74) is 0.782. The van der Waals surface area contributed by atoms with Gasteiger partial charge in [0.05, 0.1) is 16.3 Å². The summed E-state index contributed by atoms with van der Waals surface area (Å²) in [4.78, 5) is 23.1. The van der Waals surface area contributed by atoms with Crippen LogP contribution < -0.4 is 5.32 Å². The fourth-order valence-corrected chi connectivity index (χ4v) is 2.98. The van der Waals surface area contributed by atoms with Crippen molar-refractivity contribution in [2.45, 2.75) is 6.54 Å². The lowest BCUT2D eigenvalue weighted by molar-refractivity contribution is -0.380. The molecule has 2 aromatic rings. The first kappa shape index (κ1) is 15.2. The Bertz CT molecular complexity index is 724. The SMILES string of the molecule is O=C(NCc1cc(C#CCO)cs1)c1ccc([N+](=O)[O-])s1. The average molecular weight is 322 g/mol. The van der Waals surface area contributed by atoms with Crippen molar-refractivity contribution in [3.8, 4) is 11.8 Å². The number of rotatable bonds is 4. The highest BCUT2D eigenvalue weighted by Gasteiger charge is 2.15. The van der Waals surface area contributed by atoms with Crippen molar-refractivity contribution in [1.29, 1.82) is 0 Å². The first-order valence-corrected chi connectivity index (χ1v) is 7.49. The quantitative estimate of drug-likeness (QED) is 0.511. The lowest BCUT2D eigenvalue weighted by Gasteiger charge is -2.00. The summed E-state index contributed by atoms with van der Waals surface area (Å²) < 4.78 is 0. The van der Waals surface area contributed by atoms with Gasteiger partial charge in [-0.15, -0.1) is 11.3 Å². The molecule has 2 heterocycles. The number of amides is 1. The van der Waals surface area contributed by atoms with Gasteiger partial charge in [0.2, 0.25) is 0 Å². The molecule has 0 fully saturated rings. The Kier molecular flexibility index (Phi) is 5.05. The molecule has 0 aliphatic carbocycles. The lowest BCUT2D eigenvalue weighted by Crippen LogP contribution is -2.21. The van der Waals surface area contributed by atoms with Crippen molar-refractivity contribution in [2.75, 3.05) is 6.61 Å². The molecule has 2 aromatic heterocycles. The molecule has 2 rings (SSSR count). The van der Waals surface area contributed by atoms with Gasteiger partial charge in [0.15, 0.2) is 0 Å². The molecule has 2 N–H and O–H groups in total. The minimum atomic E-state index is -0.521. The Balaban J connectivity index is 1.94. The molecule has 21 heavy (non-hydrogen) atoms. The third-order valence-electron chi connectivity index (χ3n) is 2.38. The van der Waals surface area contributed by atoms with Crippen LogP contribution in [0.1, 0.15) is 20.1 Å². The van der Waals surface area contributed by atoms with Gasteiger partial charge in [-0.3, -0.25) is 14.9 Å². The number of nitro groups is 1. The zero-order valence-electron chi connectivity index (χ0n) is 10.7. The Hall–Kier alpha value is -2.21. The molecule has 0 aliphatic heterocycles. The van der Waals surface area contributed by atoms with Gasteiger partial charge < -0.3 is 10.4 Å². The van der Waals surface area contributed by atoms with Gasteiger partial charge in [-0.25, -0.2) is 0 Å². The van der Waals surface area contributed by atoms with Crippen molar-refractivity contribution in [2.24, 2.45) is 0 Å². The van der Waals surface area contributed by atoms with E-state index in [2.05, 4.69) is 17.2 Å². The molecule has 0 bridgehead atoms. The van der Waals surface area contributed by atoms with Crippen molar-refractivity contribution >= 4 is 33.6 Å². The highest BCUT2D eigenvalue weighted by atomic mass is 32.1. The number of aliphatic hydroxyl groups is 1. The Labute approximate surface area is 128 Å². The van der Waals surface area contributed by atoms with E-state index in [0.717, 1.165) is 21.8 Å². The highest BCUT2D eigenvalue weighted by Crippen LogP contribution is 2.24. The second-order valence-corrected chi connectivity index (χ2v) is 5.90. The summed E-state index contributed by atoms with van der Waals surface area (Å²) in [6.07, 6.45) is 0. The molecule has 0 saturated carbocycles. The summed E-state index contributed by atoms with van der Waals surface area (Å²) in [6, 6.07) is 4.57. The van der Waals surface area contributed by atoms with Crippen LogP contribution in [0.4, 0.5) is 5.00 Å². The largest absolute Gasteiger partial charge is 0.384 e. The maximum atomic E-state index is 11.9. The summed E-state index contributed by atoms with van der Waals surface area (Å²) in [6.45, 7) is 0.134. The molecule has 0 atom stereocenters. The number of thiophene rings is 2. The minimum Gasteiger partial charge on any atom is -0.384 e. The second kappa shape index (κ2) is 6.99. The summed E-state index contributed by atoms with van der Waals surface area (Å²) in [5.74, 6) is 4.98. The predicted molar refractivity (Wildman–Crippen MR) is 80.4 cm³/mol. The van der Waals surface area contributed by atoms with Gasteiger partial charge in [0, 0.05) is 21.9 Å². The van der Waals surface area contributed by atoms with E-state index in [0.29, 0.717) is 11.4 Å². The minimum absolute atomic E-state index is 0.0576. The number of nitrogens with zero attached hydrogens (tertiary/aromatic N) is 1.